The minimum Gasteiger partial charge on any atom is -0.293 e. The number of rotatable bonds is 0. The Morgan fingerprint density at radius 1 is 1.33 bits per heavy atom. The number of imide groups is 1. The molecule has 0 atom stereocenters. The summed E-state index contributed by atoms with van der Waals surface area (Å²) in [5.74, 6) is -0.218. The highest BCUT2D eigenvalue weighted by atomic mass is 16.2. The first-order chi connectivity index (χ1) is 5.57. The summed E-state index contributed by atoms with van der Waals surface area (Å²) in [6, 6.07) is -0.336. The van der Waals surface area contributed by atoms with E-state index in [9.17, 15) is 9.59 Å². The molecule has 3 amide bonds. The molecule has 4 heteroatoms. The van der Waals surface area contributed by atoms with E-state index in [0.717, 1.165) is 4.90 Å². The van der Waals surface area contributed by atoms with Crippen molar-refractivity contribution < 1.29 is 9.59 Å². The molecule has 0 unspecified atom stereocenters. The van der Waals surface area contributed by atoms with Gasteiger partial charge in [0.25, 0.3) is 0 Å². The van der Waals surface area contributed by atoms with Crippen LogP contribution in [0.25, 0.3) is 0 Å². The van der Waals surface area contributed by atoms with Crippen molar-refractivity contribution in [2.75, 3.05) is 14.1 Å². The molecule has 1 fully saturated rings. The van der Waals surface area contributed by atoms with Gasteiger partial charge in [0, 0.05) is 14.1 Å². The topological polar surface area (TPSA) is 40.6 Å². The molecule has 0 aromatic rings. The maximum absolute atomic E-state index is 11.2. The second kappa shape index (κ2) is 2.83. The van der Waals surface area contributed by atoms with Gasteiger partial charge < -0.3 is 0 Å². The lowest BCUT2D eigenvalue weighted by Crippen LogP contribution is -2.47. The Kier molecular flexibility index (Phi) is 2.02. The third kappa shape index (κ3) is 1.12. The Labute approximate surface area is 70.8 Å². The highest BCUT2D eigenvalue weighted by Crippen LogP contribution is 2.15. The van der Waals surface area contributed by atoms with Gasteiger partial charge in [-0.25, -0.2) is 4.79 Å². The van der Waals surface area contributed by atoms with Crippen molar-refractivity contribution in [1.29, 1.82) is 0 Å². The summed E-state index contributed by atoms with van der Waals surface area (Å²) >= 11 is 0. The molecule has 64 valence electrons. The molecule has 0 radical (unpaired) electrons. The number of carbonyl (C=O) groups excluding carboxylic acids is 2. The molecule has 12 heavy (non-hydrogen) atoms. The van der Waals surface area contributed by atoms with Crippen molar-refractivity contribution in [3.63, 3.8) is 0 Å². The van der Waals surface area contributed by atoms with E-state index in [-0.39, 0.29) is 18.4 Å². The number of hydrogen-bond acceptors (Lipinski definition) is 2. The van der Waals surface area contributed by atoms with Crippen LogP contribution in [-0.2, 0) is 4.79 Å². The first-order valence-corrected chi connectivity index (χ1v) is 3.51. The summed E-state index contributed by atoms with van der Waals surface area (Å²) in [7, 11) is 3.06. The SMILES string of the molecule is C=C=C1CC(=O)N(C)C(=O)N1C. The van der Waals surface area contributed by atoms with Crippen molar-refractivity contribution in [2.45, 2.75) is 6.42 Å². The second-order valence-corrected chi connectivity index (χ2v) is 2.59. The lowest BCUT2D eigenvalue weighted by atomic mass is 10.2. The van der Waals surface area contributed by atoms with Gasteiger partial charge in [-0.2, -0.15) is 0 Å². The molecule has 0 spiro atoms. The highest BCUT2D eigenvalue weighted by Gasteiger charge is 2.29. The number of urea groups is 1. The van der Waals surface area contributed by atoms with E-state index in [4.69, 9.17) is 0 Å². The number of nitrogens with zero attached hydrogens (tertiary/aromatic N) is 2. The van der Waals surface area contributed by atoms with Gasteiger partial charge >= 0.3 is 6.03 Å². The molecule has 0 saturated carbocycles. The number of amides is 3. The van der Waals surface area contributed by atoms with Crippen LogP contribution in [-0.4, -0.2) is 35.8 Å². The predicted molar refractivity (Wildman–Crippen MR) is 43.2 cm³/mol. The van der Waals surface area contributed by atoms with Crippen LogP contribution in [0, 0.1) is 0 Å². The van der Waals surface area contributed by atoms with Gasteiger partial charge in [0.1, 0.15) is 0 Å². The quantitative estimate of drug-likeness (QED) is 0.493. The van der Waals surface area contributed by atoms with E-state index in [2.05, 4.69) is 12.3 Å². The van der Waals surface area contributed by atoms with Crippen molar-refractivity contribution >= 4 is 11.9 Å². The van der Waals surface area contributed by atoms with Crippen molar-refractivity contribution in [2.24, 2.45) is 0 Å². The maximum atomic E-state index is 11.2. The molecule has 1 aliphatic rings. The third-order valence-corrected chi connectivity index (χ3v) is 1.88. The predicted octanol–water partition coefficient (Wildman–Crippen LogP) is 0.569. The van der Waals surface area contributed by atoms with E-state index in [1.807, 2.05) is 0 Å². The maximum Gasteiger partial charge on any atom is 0.330 e. The first-order valence-electron chi connectivity index (χ1n) is 3.51. The van der Waals surface area contributed by atoms with Gasteiger partial charge in [0.15, 0.2) is 0 Å². The molecule has 0 aromatic heterocycles. The van der Waals surface area contributed by atoms with Crippen LogP contribution in [0.4, 0.5) is 4.79 Å². The summed E-state index contributed by atoms with van der Waals surface area (Å²) in [5, 5.41) is 0. The van der Waals surface area contributed by atoms with Gasteiger partial charge in [-0.05, 0) is 0 Å². The summed E-state index contributed by atoms with van der Waals surface area (Å²) < 4.78 is 0. The van der Waals surface area contributed by atoms with Crippen LogP contribution < -0.4 is 0 Å². The zero-order valence-electron chi connectivity index (χ0n) is 7.13. The van der Waals surface area contributed by atoms with Crippen LogP contribution in [0.3, 0.4) is 0 Å². The van der Waals surface area contributed by atoms with Gasteiger partial charge in [0.2, 0.25) is 5.91 Å². The van der Waals surface area contributed by atoms with Crippen LogP contribution in [0.15, 0.2) is 18.0 Å². The van der Waals surface area contributed by atoms with E-state index < -0.39 is 0 Å². The lowest BCUT2D eigenvalue weighted by Gasteiger charge is -2.29. The highest BCUT2D eigenvalue weighted by molar-refractivity contribution is 5.98. The van der Waals surface area contributed by atoms with Gasteiger partial charge in [-0.3, -0.25) is 14.6 Å². The van der Waals surface area contributed by atoms with Gasteiger partial charge in [0.05, 0.1) is 12.1 Å². The molecular weight excluding hydrogens is 156 g/mol. The Bertz CT molecular complexity index is 289. The first kappa shape index (κ1) is 8.56. The Balaban J connectivity index is 3.00. The minimum atomic E-state index is -0.336. The van der Waals surface area contributed by atoms with Gasteiger partial charge in [-0.15, -0.1) is 5.73 Å². The summed E-state index contributed by atoms with van der Waals surface area (Å²) in [4.78, 5) is 24.8. The zero-order valence-corrected chi connectivity index (χ0v) is 7.13. The van der Waals surface area contributed by atoms with E-state index in [1.54, 1.807) is 7.05 Å². The van der Waals surface area contributed by atoms with Crippen LogP contribution in [0.1, 0.15) is 6.42 Å². The average Bonchev–Trinajstić information content (AvgIpc) is 2.08. The molecule has 0 bridgehead atoms. The largest absolute Gasteiger partial charge is 0.330 e. The van der Waals surface area contributed by atoms with E-state index >= 15 is 0 Å². The fourth-order valence-electron chi connectivity index (χ4n) is 1.01. The summed E-state index contributed by atoms with van der Waals surface area (Å²) in [5.41, 5.74) is 3.09. The average molecular weight is 166 g/mol. The zero-order chi connectivity index (χ0) is 9.30. The third-order valence-electron chi connectivity index (χ3n) is 1.88. The molecule has 0 aliphatic carbocycles. The molecule has 4 nitrogen and oxygen atoms in total. The summed E-state index contributed by atoms with van der Waals surface area (Å²) in [6.07, 6.45) is 0.197. The molecule has 1 rings (SSSR count). The van der Waals surface area contributed by atoms with Crippen LogP contribution >= 0.6 is 0 Å². The Morgan fingerprint density at radius 2 is 1.92 bits per heavy atom. The second-order valence-electron chi connectivity index (χ2n) is 2.59. The molecule has 1 aliphatic heterocycles. The van der Waals surface area contributed by atoms with Crippen molar-refractivity contribution in [3.05, 3.63) is 18.0 Å². The van der Waals surface area contributed by atoms with Crippen molar-refractivity contribution in [3.8, 4) is 0 Å². The van der Waals surface area contributed by atoms with Gasteiger partial charge in [-0.1, -0.05) is 6.58 Å². The Hall–Kier alpha value is -1.54. The van der Waals surface area contributed by atoms with Crippen molar-refractivity contribution in [1.82, 2.24) is 9.80 Å². The van der Waals surface area contributed by atoms with Crippen LogP contribution in [0.5, 0.6) is 0 Å². The smallest absolute Gasteiger partial charge is 0.293 e. The van der Waals surface area contributed by atoms with E-state index in [0.29, 0.717) is 5.70 Å². The number of carbonyl (C=O) groups is 2. The normalized spacial score (nSPS) is 18.3. The van der Waals surface area contributed by atoms with Crippen LogP contribution in [0.2, 0.25) is 0 Å². The molecular formula is C8H10N2O2. The monoisotopic (exact) mass is 166 g/mol. The fourth-order valence-corrected chi connectivity index (χ4v) is 1.01. The lowest BCUT2D eigenvalue weighted by molar-refractivity contribution is -0.128. The molecule has 0 N–H and O–H groups in total. The minimum absolute atomic E-state index is 0.197. The summed E-state index contributed by atoms with van der Waals surface area (Å²) in [6.45, 7) is 3.40. The Morgan fingerprint density at radius 3 is 2.42 bits per heavy atom. The van der Waals surface area contributed by atoms with E-state index in [1.165, 1.54) is 11.9 Å². The molecule has 0 aromatic carbocycles. The molecule has 1 saturated heterocycles. The molecule has 1 heterocycles. The fraction of sp³-hybridized carbons (Fsp3) is 0.375. The number of hydrogen-bond donors (Lipinski definition) is 0. The standard InChI is InChI=1S/C8H10N2O2/c1-4-6-5-7(11)10(3)8(12)9(6)2/h1,5H2,2-3H3.